The van der Waals surface area contributed by atoms with Crippen LogP contribution in [0.4, 0.5) is 0 Å². The minimum absolute atomic E-state index is 0.0669. The van der Waals surface area contributed by atoms with Crippen LogP contribution in [-0.2, 0) is 0 Å². The number of hydrogen-bond acceptors (Lipinski definition) is 6. The maximum atomic E-state index is 11.9. The maximum Gasteiger partial charge on any atom is 0.311 e. The number of hydrogen-bond donors (Lipinski definition) is 1. The van der Waals surface area contributed by atoms with Crippen molar-refractivity contribution in [3.05, 3.63) is 30.2 Å². The molecule has 0 radical (unpaired) electrons. The molecular formula is C13H13N3O4. The highest BCUT2D eigenvalue weighted by atomic mass is 16.5. The van der Waals surface area contributed by atoms with E-state index in [1.54, 1.807) is 31.4 Å². The van der Waals surface area contributed by atoms with Gasteiger partial charge in [0.15, 0.2) is 0 Å². The van der Waals surface area contributed by atoms with Gasteiger partial charge >= 0.3 is 11.8 Å². The van der Waals surface area contributed by atoms with Crippen LogP contribution in [0.2, 0.25) is 0 Å². The summed E-state index contributed by atoms with van der Waals surface area (Å²) in [6.45, 7) is 0.609. The monoisotopic (exact) mass is 275 g/mol. The fourth-order valence-electron chi connectivity index (χ4n) is 1.92. The summed E-state index contributed by atoms with van der Waals surface area (Å²) < 4.78 is 10.4. The summed E-state index contributed by atoms with van der Waals surface area (Å²) in [5.74, 6) is 0.571. The van der Waals surface area contributed by atoms with E-state index in [4.69, 9.17) is 9.15 Å². The Morgan fingerprint density at radius 2 is 2.05 bits per heavy atom. The molecule has 1 N–H and O–H groups in total. The van der Waals surface area contributed by atoms with Crippen molar-refractivity contribution in [2.24, 2.45) is 0 Å². The van der Waals surface area contributed by atoms with Gasteiger partial charge in [0.1, 0.15) is 5.75 Å². The van der Waals surface area contributed by atoms with Gasteiger partial charge in [0.25, 0.3) is 0 Å². The predicted octanol–water partition coefficient (Wildman–Crippen LogP) is 0.562. The lowest BCUT2D eigenvalue weighted by atomic mass is 10.2. The number of carbonyl (C=O) groups excluding carboxylic acids is 1. The van der Waals surface area contributed by atoms with E-state index in [1.807, 2.05) is 0 Å². The lowest BCUT2D eigenvalue weighted by Crippen LogP contribution is -2.53. The molecule has 1 aromatic carbocycles. The summed E-state index contributed by atoms with van der Waals surface area (Å²) >= 11 is 0. The highest BCUT2D eigenvalue weighted by Gasteiger charge is 2.32. The van der Waals surface area contributed by atoms with Gasteiger partial charge < -0.3 is 19.2 Å². The van der Waals surface area contributed by atoms with E-state index in [2.05, 4.69) is 10.2 Å². The number of likely N-dealkylation sites (tertiary alicyclic amines) is 1. The number of rotatable bonds is 3. The number of β-amino-alcohol motifs (C(OH)–C–C–N with tert-alkyl or cyclic N) is 1. The molecule has 1 aliphatic rings. The van der Waals surface area contributed by atoms with Crippen molar-refractivity contribution in [3.63, 3.8) is 0 Å². The maximum absolute atomic E-state index is 11.9. The van der Waals surface area contributed by atoms with E-state index in [0.29, 0.717) is 18.7 Å². The SMILES string of the molecule is COc1ccc(-c2nnc(C(=O)N3CC(O)C3)o2)cc1. The van der Waals surface area contributed by atoms with Gasteiger partial charge in [-0.25, -0.2) is 0 Å². The van der Waals surface area contributed by atoms with Gasteiger partial charge in [-0.15, -0.1) is 10.2 Å². The second kappa shape index (κ2) is 4.93. The topological polar surface area (TPSA) is 88.7 Å². The van der Waals surface area contributed by atoms with Gasteiger partial charge in [0.05, 0.1) is 13.2 Å². The van der Waals surface area contributed by atoms with Crippen molar-refractivity contribution < 1.29 is 19.1 Å². The van der Waals surface area contributed by atoms with Gasteiger partial charge in [0.2, 0.25) is 5.89 Å². The minimum Gasteiger partial charge on any atom is -0.497 e. The summed E-state index contributed by atoms with van der Waals surface area (Å²) in [7, 11) is 1.58. The molecule has 0 unspecified atom stereocenters. The summed E-state index contributed by atoms with van der Waals surface area (Å²) in [5.41, 5.74) is 0.709. The van der Waals surface area contributed by atoms with E-state index in [1.165, 1.54) is 4.90 Å². The molecule has 1 saturated heterocycles. The lowest BCUT2D eigenvalue weighted by Gasteiger charge is -2.34. The average molecular weight is 275 g/mol. The molecule has 2 heterocycles. The molecule has 20 heavy (non-hydrogen) atoms. The molecule has 1 fully saturated rings. The Bertz CT molecular complexity index is 617. The normalized spacial score (nSPS) is 15.0. The van der Waals surface area contributed by atoms with Gasteiger partial charge in [-0.2, -0.15) is 0 Å². The third kappa shape index (κ3) is 2.23. The first-order valence-electron chi connectivity index (χ1n) is 6.12. The molecule has 0 bridgehead atoms. The Morgan fingerprint density at radius 1 is 1.35 bits per heavy atom. The van der Waals surface area contributed by atoms with Crippen molar-refractivity contribution in [1.82, 2.24) is 15.1 Å². The standard InChI is InChI=1S/C13H13N3O4/c1-19-10-4-2-8(3-5-10)11-14-15-12(20-11)13(18)16-6-9(17)7-16/h2-5,9,17H,6-7H2,1H3. The van der Waals surface area contributed by atoms with Crippen LogP contribution in [0, 0.1) is 0 Å². The minimum atomic E-state index is -0.456. The second-order valence-electron chi connectivity index (χ2n) is 4.50. The molecule has 7 heteroatoms. The molecule has 1 aromatic heterocycles. The first-order chi connectivity index (χ1) is 9.67. The molecule has 0 aliphatic carbocycles. The zero-order chi connectivity index (χ0) is 14.1. The molecule has 1 amide bonds. The van der Waals surface area contributed by atoms with Gasteiger partial charge in [-0.3, -0.25) is 4.79 Å². The fourth-order valence-corrected chi connectivity index (χ4v) is 1.92. The Hall–Kier alpha value is -2.41. The first kappa shape index (κ1) is 12.6. The van der Waals surface area contributed by atoms with E-state index < -0.39 is 6.10 Å². The highest BCUT2D eigenvalue weighted by Crippen LogP contribution is 2.22. The van der Waals surface area contributed by atoms with Crippen LogP contribution in [-0.4, -0.2) is 52.4 Å². The number of benzene rings is 1. The van der Waals surface area contributed by atoms with E-state index in [9.17, 15) is 9.90 Å². The third-order valence-corrected chi connectivity index (χ3v) is 3.09. The molecule has 1 aliphatic heterocycles. The molecule has 0 spiro atoms. The number of aliphatic hydroxyl groups excluding tert-OH is 1. The largest absolute Gasteiger partial charge is 0.497 e. The van der Waals surface area contributed by atoms with Crippen molar-refractivity contribution >= 4 is 5.91 Å². The van der Waals surface area contributed by atoms with Gasteiger partial charge in [0, 0.05) is 18.7 Å². The molecule has 3 rings (SSSR count). The summed E-state index contributed by atoms with van der Waals surface area (Å²) in [5, 5.41) is 16.8. The highest BCUT2D eigenvalue weighted by molar-refractivity contribution is 5.90. The van der Waals surface area contributed by atoms with Crippen LogP contribution in [0.1, 0.15) is 10.7 Å². The van der Waals surface area contributed by atoms with E-state index in [-0.39, 0.29) is 17.7 Å². The predicted molar refractivity (Wildman–Crippen MR) is 68.2 cm³/mol. The second-order valence-corrected chi connectivity index (χ2v) is 4.50. The van der Waals surface area contributed by atoms with E-state index in [0.717, 1.165) is 5.75 Å². The molecule has 7 nitrogen and oxygen atoms in total. The molecular weight excluding hydrogens is 262 g/mol. The number of amides is 1. The van der Waals surface area contributed by atoms with Crippen molar-refractivity contribution in [1.29, 1.82) is 0 Å². The zero-order valence-electron chi connectivity index (χ0n) is 10.8. The van der Waals surface area contributed by atoms with Crippen LogP contribution in [0.25, 0.3) is 11.5 Å². The Labute approximate surface area is 114 Å². The van der Waals surface area contributed by atoms with Crippen LogP contribution >= 0.6 is 0 Å². The van der Waals surface area contributed by atoms with Gasteiger partial charge in [-0.1, -0.05) is 0 Å². The van der Waals surface area contributed by atoms with Crippen LogP contribution in [0.15, 0.2) is 28.7 Å². The summed E-state index contributed by atoms with van der Waals surface area (Å²) in [4.78, 5) is 13.4. The number of aliphatic hydroxyl groups is 1. The van der Waals surface area contributed by atoms with Crippen LogP contribution in [0.5, 0.6) is 5.75 Å². The number of carbonyl (C=O) groups is 1. The zero-order valence-corrected chi connectivity index (χ0v) is 10.8. The third-order valence-electron chi connectivity index (χ3n) is 3.09. The Kier molecular flexibility index (Phi) is 3.11. The molecule has 0 atom stereocenters. The summed E-state index contributed by atoms with van der Waals surface area (Å²) in [6.07, 6.45) is -0.456. The average Bonchev–Trinajstić information content (AvgIpc) is 2.93. The van der Waals surface area contributed by atoms with Crippen LogP contribution < -0.4 is 4.74 Å². The van der Waals surface area contributed by atoms with Crippen molar-refractivity contribution in [2.75, 3.05) is 20.2 Å². The molecule has 104 valence electrons. The first-order valence-corrected chi connectivity index (χ1v) is 6.12. The number of nitrogens with zero attached hydrogens (tertiary/aromatic N) is 3. The molecule has 2 aromatic rings. The number of methoxy groups -OCH3 is 1. The van der Waals surface area contributed by atoms with E-state index >= 15 is 0 Å². The summed E-state index contributed by atoms with van der Waals surface area (Å²) in [6, 6.07) is 7.08. The number of ether oxygens (including phenoxy) is 1. The lowest BCUT2D eigenvalue weighted by molar-refractivity contribution is 0.00344. The quantitative estimate of drug-likeness (QED) is 0.880. The fraction of sp³-hybridized carbons (Fsp3) is 0.308. The van der Waals surface area contributed by atoms with Crippen molar-refractivity contribution in [2.45, 2.75) is 6.10 Å². The smallest absolute Gasteiger partial charge is 0.311 e. The van der Waals surface area contributed by atoms with Gasteiger partial charge in [-0.05, 0) is 24.3 Å². The Morgan fingerprint density at radius 3 is 2.65 bits per heavy atom. The van der Waals surface area contributed by atoms with Crippen molar-refractivity contribution in [3.8, 4) is 17.2 Å². The Balaban J connectivity index is 1.77. The molecule has 0 saturated carbocycles. The van der Waals surface area contributed by atoms with Crippen LogP contribution in [0.3, 0.4) is 0 Å². The number of aromatic nitrogens is 2.